The molecule has 0 spiro atoms. The number of rotatable bonds is 3. The van der Waals surface area contributed by atoms with Crippen molar-refractivity contribution in [2.45, 2.75) is 6.92 Å². The molecule has 3 nitrogen and oxygen atoms in total. The van der Waals surface area contributed by atoms with Crippen LogP contribution in [0.5, 0.6) is 0 Å². The number of benzene rings is 1. The molecule has 1 N–H and O–H groups in total. The lowest BCUT2D eigenvalue weighted by Gasteiger charge is -2.04. The largest absolute Gasteiger partial charge is 0.362 e. The van der Waals surface area contributed by atoms with Crippen LogP contribution in [0.3, 0.4) is 0 Å². The van der Waals surface area contributed by atoms with Gasteiger partial charge < -0.3 is 5.32 Å². The Bertz CT molecular complexity index is 724. The van der Waals surface area contributed by atoms with Crippen LogP contribution in [0, 0.1) is 0 Å². The first-order valence-corrected chi connectivity index (χ1v) is 7.22. The quantitative estimate of drug-likeness (QED) is 0.774. The minimum absolute atomic E-state index is 0.725. The van der Waals surface area contributed by atoms with Crippen LogP contribution in [-0.2, 0) is 0 Å². The zero-order valence-corrected chi connectivity index (χ0v) is 11.9. The number of hydrogen-bond donors (Lipinski definition) is 1. The van der Waals surface area contributed by atoms with Crippen molar-refractivity contribution in [2.75, 3.05) is 11.9 Å². The van der Waals surface area contributed by atoms with Gasteiger partial charge in [0.1, 0.15) is 0 Å². The molecule has 0 aliphatic carbocycles. The molecule has 19 heavy (non-hydrogen) atoms. The van der Waals surface area contributed by atoms with E-state index < -0.39 is 0 Å². The summed E-state index contributed by atoms with van der Waals surface area (Å²) >= 11 is 7.83. The Morgan fingerprint density at radius 1 is 1.26 bits per heavy atom. The summed E-state index contributed by atoms with van der Waals surface area (Å²) in [5.41, 5.74) is 1.99. The Hall–Kier alpha value is -1.65. The molecular weight excluding hydrogens is 278 g/mol. The van der Waals surface area contributed by atoms with Gasteiger partial charge in [-0.1, -0.05) is 22.9 Å². The number of pyridine rings is 1. The topological polar surface area (TPSA) is 37.8 Å². The fourth-order valence-corrected chi connectivity index (χ4v) is 3.09. The van der Waals surface area contributed by atoms with Crippen LogP contribution >= 0.6 is 22.9 Å². The Morgan fingerprint density at radius 2 is 2.16 bits per heavy atom. The van der Waals surface area contributed by atoms with E-state index in [9.17, 15) is 0 Å². The van der Waals surface area contributed by atoms with Crippen LogP contribution in [0.1, 0.15) is 6.92 Å². The van der Waals surface area contributed by atoms with Gasteiger partial charge in [0.2, 0.25) is 0 Å². The lowest BCUT2D eigenvalue weighted by molar-refractivity contribution is 1.19. The number of fused-ring (bicyclic) bond motifs is 1. The van der Waals surface area contributed by atoms with E-state index in [4.69, 9.17) is 11.6 Å². The summed E-state index contributed by atoms with van der Waals surface area (Å²) in [6.07, 6.45) is 3.66. The third-order valence-corrected chi connectivity index (χ3v) is 4.13. The van der Waals surface area contributed by atoms with Gasteiger partial charge in [-0.25, -0.2) is 4.98 Å². The van der Waals surface area contributed by atoms with E-state index in [1.807, 2.05) is 30.5 Å². The van der Waals surface area contributed by atoms with Gasteiger partial charge in [-0.05, 0) is 31.2 Å². The van der Waals surface area contributed by atoms with E-state index in [0.717, 1.165) is 38.0 Å². The van der Waals surface area contributed by atoms with Crippen LogP contribution < -0.4 is 5.32 Å². The van der Waals surface area contributed by atoms with E-state index >= 15 is 0 Å². The second kappa shape index (κ2) is 5.15. The number of halogens is 1. The average molecular weight is 290 g/mol. The second-order valence-electron chi connectivity index (χ2n) is 4.05. The fourth-order valence-electron chi connectivity index (χ4n) is 1.97. The summed E-state index contributed by atoms with van der Waals surface area (Å²) < 4.78 is 0. The van der Waals surface area contributed by atoms with Crippen molar-refractivity contribution in [3.8, 4) is 10.4 Å². The molecule has 3 rings (SSSR count). The van der Waals surface area contributed by atoms with Crippen LogP contribution in [0.4, 0.5) is 5.13 Å². The molecule has 0 aliphatic heterocycles. The SMILES string of the molecule is CCNc1ncc(-c2ccc(Cl)c3cccnc23)s1. The Kier molecular flexibility index (Phi) is 3.36. The van der Waals surface area contributed by atoms with E-state index in [1.54, 1.807) is 17.5 Å². The van der Waals surface area contributed by atoms with Gasteiger partial charge in [-0.15, -0.1) is 0 Å². The van der Waals surface area contributed by atoms with Crippen molar-refractivity contribution in [3.05, 3.63) is 41.7 Å². The first-order valence-electron chi connectivity index (χ1n) is 6.03. The normalized spacial score (nSPS) is 10.8. The lowest BCUT2D eigenvalue weighted by atomic mass is 10.1. The van der Waals surface area contributed by atoms with Gasteiger partial charge in [-0.3, -0.25) is 4.98 Å². The molecular formula is C14H12ClN3S. The lowest BCUT2D eigenvalue weighted by Crippen LogP contribution is -1.94. The van der Waals surface area contributed by atoms with Gasteiger partial charge in [0, 0.05) is 29.9 Å². The summed E-state index contributed by atoms with van der Waals surface area (Å²) in [6, 6.07) is 7.80. The maximum Gasteiger partial charge on any atom is 0.183 e. The van der Waals surface area contributed by atoms with Gasteiger partial charge in [0.25, 0.3) is 0 Å². The van der Waals surface area contributed by atoms with Gasteiger partial charge >= 0.3 is 0 Å². The molecule has 96 valence electrons. The third kappa shape index (κ3) is 2.29. The van der Waals surface area contributed by atoms with Gasteiger partial charge in [0.05, 0.1) is 15.4 Å². The van der Waals surface area contributed by atoms with E-state index in [1.165, 1.54) is 0 Å². The standard InChI is InChI=1S/C14H12ClN3S/c1-2-16-14-18-8-12(19-14)10-5-6-11(15)9-4-3-7-17-13(9)10/h3-8H,2H2,1H3,(H,16,18). The number of anilines is 1. The number of hydrogen-bond acceptors (Lipinski definition) is 4. The highest BCUT2D eigenvalue weighted by atomic mass is 35.5. The summed E-state index contributed by atoms with van der Waals surface area (Å²) in [4.78, 5) is 9.90. The molecule has 0 unspecified atom stereocenters. The highest BCUT2D eigenvalue weighted by Crippen LogP contribution is 2.35. The number of nitrogens with zero attached hydrogens (tertiary/aromatic N) is 2. The second-order valence-corrected chi connectivity index (χ2v) is 5.49. The van der Waals surface area contributed by atoms with Gasteiger partial charge in [-0.2, -0.15) is 0 Å². The zero-order valence-electron chi connectivity index (χ0n) is 10.4. The predicted molar refractivity (Wildman–Crippen MR) is 82.0 cm³/mol. The summed E-state index contributed by atoms with van der Waals surface area (Å²) in [5.74, 6) is 0. The molecule has 2 aromatic heterocycles. The van der Waals surface area contributed by atoms with Crippen LogP contribution in [0.2, 0.25) is 5.02 Å². The first-order chi connectivity index (χ1) is 9.29. The van der Waals surface area contributed by atoms with E-state index in [2.05, 4.69) is 22.2 Å². The van der Waals surface area contributed by atoms with Crippen molar-refractivity contribution in [1.29, 1.82) is 0 Å². The molecule has 0 bridgehead atoms. The van der Waals surface area contributed by atoms with Crippen LogP contribution in [0.25, 0.3) is 21.3 Å². The van der Waals surface area contributed by atoms with Crippen LogP contribution in [-0.4, -0.2) is 16.5 Å². The molecule has 0 aliphatic rings. The molecule has 0 saturated heterocycles. The van der Waals surface area contributed by atoms with Crippen molar-refractivity contribution in [2.24, 2.45) is 0 Å². The average Bonchev–Trinajstić information content (AvgIpc) is 2.88. The highest BCUT2D eigenvalue weighted by Gasteiger charge is 2.10. The Labute approximate surface area is 120 Å². The molecule has 0 amide bonds. The van der Waals surface area contributed by atoms with Crippen molar-refractivity contribution in [3.63, 3.8) is 0 Å². The smallest absolute Gasteiger partial charge is 0.183 e. The molecule has 0 atom stereocenters. The summed E-state index contributed by atoms with van der Waals surface area (Å²) in [7, 11) is 0. The molecule has 1 aromatic carbocycles. The van der Waals surface area contributed by atoms with Crippen LogP contribution in [0.15, 0.2) is 36.7 Å². The van der Waals surface area contributed by atoms with Gasteiger partial charge in [0.15, 0.2) is 5.13 Å². The maximum absolute atomic E-state index is 6.21. The molecule has 0 radical (unpaired) electrons. The predicted octanol–water partition coefficient (Wildman–Crippen LogP) is 4.44. The Morgan fingerprint density at radius 3 is 3.00 bits per heavy atom. The monoisotopic (exact) mass is 289 g/mol. The third-order valence-electron chi connectivity index (χ3n) is 2.82. The summed E-state index contributed by atoms with van der Waals surface area (Å²) in [6.45, 7) is 2.92. The number of thiazole rings is 1. The fraction of sp³-hybridized carbons (Fsp3) is 0.143. The van der Waals surface area contributed by atoms with E-state index in [0.29, 0.717) is 0 Å². The molecule has 3 aromatic rings. The Balaban J connectivity index is 2.16. The first kappa shape index (κ1) is 12.4. The zero-order chi connectivity index (χ0) is 13.2. The minimum Gasteiger partial charge on any atom is -0.362 e. The molecule has 5 heteroatoms. The van der Waals surface area contributed by atoms with E-state index in [-0.39, 0.29) is 0 Å². The summed E-state index contributed by atoms with van der Waals surface area (Å²) in [5, 5.41) is 5.84. The minimum atomic E-state index is 0.725. The van der Waals surface area contributed by atoms with Crippen molar-refractivity contribution < 1.29 is 0 Å². The molecule has 2 heterocycles. The molecule has 0 saturated carbocycles. The van der Waals surface area contributed by atoms with Crippen molar-refractivity contribution in [1.82, 2.24) is 9.97 Å². The molecule has 0 fully saturated rings. The van der Waals surface area contributed by atoms with Crippen molar-refractivity contribution >= 4 is 39.0 Å². The number of aromatic nitrogens is 2. The highest BCUT2D eigenvalue weighted by molar-refractivity contribution is 7.19. The number of nitrogens with one attached hydrogen (secondary N) is 1. The maximum atomic E-state index is 6.21.